The summed E-state index contributed by atoms with van der Waals surface area (Å²) in [5.41, 5.74) is 3.33. The smallest absolute Gasteiger partial charge is 0.423 e. The van der Waals surface area contributed by atoms with E-state index in [0.717, 1.165) is 28.9 Å². The number of carbonyl (C=O) groups excluding carboxylic acids is 6. The number of para-hydroxylation sites is 1. The van der Waals surface area contributed by atoms with E-state index in [1.54, 1.807) is 51.1 Å². The molecule has 2 fully saturated rings. The predicted octanol–water partition coefficient (Wildman–Crippen LogP) is 7.98. The number of aryl methyl sites for hydroxylation is 2. The number of aromatic nitrogens is 2. The SMILES string of the molecule is COc1cc(COC(=O)N2C(=O)CCC(N3C(=O)c4cccc(NCCNC(=O)CN5CCC(c6cc(OC(C)C)c(Nc7ncc(Cl)c(Nc8ccccc8S(=O)(=O)C(C)C)n7)cc6C)CC5)c4C3=O)C2=O)c([N+](=O)[O-])cc1C. The summed E-state index contributed by atoms with van der Waals surface area (Å²) >= 11 is 6.52. The number of nitrogens with zero attached hydrogens (tertiary/aromatic N) is 6. The Balaban J connectivity index is 0.834. The van der Waals surface area contributed by atoms with E-state index in [-0.39, 0.29) is 111 Å². The van der Waals surface area contributed by atoms with E-state index in [9.17, 15) is 47.3 Å². The van der Waals surface area contributed by atoms with Gasteiger partial charge in [0.2, 0.25) is 17.8 Å². The maximum Gasteiger partial charge on any atom is 0.423 e. The molecule has 4 N–H and O–H groups in total. The second-order valence-electron chi connectivity index (χ2n) is 20.0. The Morgan fingerprint density at radius 3 is 2.30 bits per heavy atom. The molecule has 23 nitrogen and oxygen atoms in total. The largest absolute Gasteiger partial charge is 0.496 e. The van der Waals surface area contributed by atoms with Gasteiger partial charge in [-0.1, -0.05) is 29.8 Å². The van der Waals surface area contributed by atoms with E-state index >= 15 is 0 Å². The number of sulfone groups is 1. The van der Waals surface area contributed by atoms with Crippen LogP contribution in [-0.2, 0) is 35.6 Å². The summed E-state index contributed by atoms with van der Waals surface area (Å²) in [4.78, 5) is 104. The van der Waals surface area contributed by atoms with Crippen molar-refractivity contribution in [1.82, 2.24) is 30.0 Å². The zero-order chi connectivity index (χ0) is 57.7. The van der Waals surface area contributed by atoms with Crippen LogP contribution in [0.15, 0.2) is 77.8 Å². The summed E-state index contributed by atoms with van der Waals surface area (Å²) in [7, 11) is -2.27. The van der Waals surface area contributed by atoms with Gasteiger partial charge in [-0.2, -0.15) is 9.88 Å². The molecule has 1 aromatic heterocycles. The van der Waals surface area contributed by atoms with Gasteiger partial charge in [0, 0.05) is 31.3 Å². The van der Waals surface area contributed by atoms with E-state index in [0.29, 0.717) is 35.8 Å². The van der Waals surface area contributed by atoms with Gasteiger partial charge in [-0.25, -0.2) is 18.2 Å². The molecule has 3 aliphatic rings. The molecule has 0 spiro atoms. The van der Waals surface area contributed by atoms with Crippen LogP contribution in [0.1, 0.15) is 102 Å². The summed E-state index contributed by atoms with van der Waals surface area (Å²) in [6.45, 7) is 11.8. The number of carbonyl (C=O) groups is 6. The van der Waals surface area contributed by atoms with E-state index in [4.69, 9.17) is 25.8 Å². The number of ether oxygens (including phenoxy) is 3. The molecule has 4 heterocycles. The normalized spacial score (nSPS) is 16.0. The number of nitro groups is 1. The molecule has 8 rings (SSSR count). The molecule has 80 heavy (non-hydrogen) atoms. The number of piperidine rings is 2. The van der Waals surface area contributed by atoms with Gasteiger partial charge in [-0.05, 0) is 139 Å². The van der Waals surface area contributed by atoms with Crippen LogP contribution in [0.25, 0.3) is 0 Å². The third kappa shape index (κ3) is 12.5. The van der Waals surface area contributed by atoms with Crippen molar-refractivity contribution in [2.75, 3.05) is 55.8 Å². The lowest BCUT2D eigenvalue weighted by Crippen LogP contribution is -2.57. The van der Waals surface area contributed by atoms with Crippen molar-refractivity contribution in [3.63, 3.8) is 0 Å². The quantitative estimate of drug-likeness (QED) is 0.0248. The van der Waals surface area contributed by atoms with Crippen LogP contribution < -0.4 is 30.7 Å². The molecule has 0 radical (unpaired) electrons. The van der Waals surface area contributed by atoms with Crippen LogP contribution >= 0.6 is 11.6 Å². The first-order chi connectivity index (χ1) is 38.1. The summed E-state index contributed by atoms with van der Waals surface area (Å²) in [5, 5.41) is 23.6. The number of methoxy groups -OCH3 is 1. The molecular weight excluding hydrogens is 1080 g/mol. The molecule has 4 aromatic carbocycles. The number of amides is 6. The number of halogens is 1. The number of anilines is 5. The molecule has 5 aromatic rings. The minimum atomic E-state index is -3.63. The number of hydrogen-bond acceptors (Lipinski definition) is 19. The number of hydrogen-bond donors (Lipinski definition) is 4. The van der Waals surface area contributed by atoms with E-state index in [1.807, 2.05) is 32.9 Å². The molecule has 1 unspecified atom stereocenters. The maximum atomic E-state index is 14.0. The van der Waals surface area contributed by atoms with Gasteiger partial charge < -0.3 is 35.5 Å². The maximum absolute atomic E-state index is 14.0. The third-order valence-corrected chi connectivity index (χ3v) is 16.4. The van der Waals surface area contributed by atoms with Crippen LogP contribution in [0.3, 0.4) is 0 Å². The highest BCUT2D eigenvalue weighted by atomic mass is 35.5. The van der Waals surface area contributed by atoms with Crippen molar-refractivity contribution in [1.29, 1.82) is 0 Å². The predicted molar refractivity (Wildman–Crippen MR) is 296 cm³/mol. The second-order valence-corrected chi connectivity index (χ2v) is 22.9. The fourth-order valence-corrected chi connectivity index (χ4v) is 11.2. The first kappa shape index (κ1) is 57.9. The Kier molecular flexibility index (Phi) is 17.7. The standard InChI is InChI=1S/C55H61ClN10O13S/c1-30(2)79-45-26-37(32(5)23-41(45)61-54-59-27-38(56)50(62-54)60-39-12-8-9-14-46(39)80(75,76)31(3)4)34-17-21-63(22-18-34)28-47(67)58-20-19-57-40-13-10-11-36-49(40)53(71)64(51(36)69)42-15-16-48(68)65(52(42)70)55(72)78-29-35-25-44(77-7)33(6)24-43(35)66(73)74/h8-14,23-27,30-31,34,42,57H,15-22,28-29H2,1-7H3,(H,58,67)(H2,59,60,61,62). The number of rotatable bonds is 20. The first-order valence-corrected chi connectivity index (χ1v) is 27.8. The van der Waals surface area contributed by atoms with Crippen molar-refractivity contribution < 1.29 is 56.3 Å². The molecule has 422 valence electrons. The monoisotopic (exact) mass is 1140 g/mol. The average Bonchev–Trinajstić information content (AvgIpc) is 3.69. The van der Waals surface area contributed by atoms with Crippen LogP contribution in [0, 0.1) is 24.0 Å². The van der Waals surface area contributed by atoms with Gasteiger partial charge in [0.15, 0.2) is 15.7 Å². The molecule has 6 amide bonds. The Morgan fingerprint density at radius 1 is 0.875 bits per heavy atom. The third-order valence-electron chi connectivity index (χ3n) is 13.9. The number of likely N-dealkylation sites (tertiary alicyclic amines) is 2. The van der Waals surface area contributed by atoms with Crippen LogP contribution in [0.2, 0.25) is 5.02 Å². The highest BCUT2D eigenvalue weighted by Gasteiger charge is 2.50. The van der Waals surface area contributed by atoms with Gasteiger partial charge >= 0.3 is 6.09 Å². The Hall–Kier alpha value is -8.22. The molecule has 0 aliphatic carbocycles. The molecule has 25 heteroatoms. The van der Waals surface area contributed by atoms with Gasteiger partial charge in [-0.15, -0.1) is 0 Å². The minimum Gasteiger partial charge on any atom is -0.496 e. The summed E-state index contributed by atoms with van der Waals surface area (Å²) < 4.78 is 43.0. The minimum absolute atomic E-state index is 0.00338. The van der Waals surface area contributed by atoms with Gasteiger partial charge in [0.1, 0.15) is 29.2 Å². The Bertz CT molecular complexity index is 3410. The number of nitro benzene ring substituents is 1. The lowest BCUT2D eigenvalue weighted by molar-refractivity contribution is -0.385. The summed E-state index contributed by atoms with van der Waals surface area (Å²) in [6.07, 6.45) is 0.739. The van der Waals surface area contributed by atoms with Crippen molar-refractivity contribution in [3.8, 4) is 11.5 Å². The molecule has 0 saturated carbocycles. The lowest BCUT2D eigenvalue weighted by atomic mass is 9.86. The lowest BCUT2D eigenvalue weighted by Gasteiger charge is -2.33. The zero-order valence-corrected chi connectivity index (χ0v) is 46.7. The van der Waals surface area contributed by atoms with E-state index in [2.05, 4.69) is 36.1 Å². The van der Waals surface area contributed by atoms with Gasteiger partial charge in [0.05, 0.1) is 69.1 Å². The molecule has 1 atom stereocenters. The highest BCUT2D eigenvalue weighted by molar-refractivity contribution is 7.92. The molecular formula is C55H61ClN10O13S. The summed E-state index contributed by atoms with van der Waals surface area (Å²) in [5.74, 6) is -2.49. The zero-order valence-electron chi connectivity index (χ0n) is 45.1. The Labute approximate surface area is 466 Å². The van der Waals surface area contributed by atoms with Crippen LogP contribution in [-0.4, -0.2) is 131 Å². The van der Waals surface area contributed by atoms with Crippen LogP contribution in [0.5, 0.6) is 11.5 Å². The number of benzene rings is 4. The van der Waals surface area contributed by atoms with Crippen molar-refractivity contribution in [2.24, 2.45) is 0 Å². The summed E-state index contributed by atoms with van der Waals surface area (Å²) in [6, 6.07) is 16.1. The van der Waals surface area contributed by atoms with Crippen molar-refractivity contribution in [3.05, 3.63) is 121 Å². The molecule has 0 bridgehead atoms. The Morgan fingerprint density at radius 2 is 1.60 bits per heavy atom. The molecule has 3 aliphatic heterocycles. The first-order valence-electron chi connectivity index (χ1n) is 25.9. The number of fused-ring (bicyclic) bond motifs is 1. The van der Waals surface area contributed by atoms with Crippen molar-refractivity contribution in [2.45, 2.75) is 102 Å². The number of imide groups is 4. The topological polar surface area (TPSA) is 291 Å². The number of nitrogens with one attached hydrogen (secondary N) is 4. The van der Waals surface area contributed by atoms with E-state index < -0.39 is 62.4 Å². The van der Waals surface area contributed by atoms with Crippen molar-refractivity contribution >= 4 is 91.6 Å². The second kappa shape index (κ2) is 24.4. The van der Waals surface area contributed by atoms with Gasteiger partial charge in [-0.3, -0.25) is 43.9 Å². The highest BCUT2D eigenvalue weighted by Crippen LogP contribution is 2.40. The fourth-order valence-electron chi connectivity index (χ4n) is 9.84. The average molecular weight is 1140 g/mol. The van der Waals surface area contributed by atoms with E-state index in [1.165, 1.54) is 37.6 Å². The fraction of sp³-hybridized carbons (Fsp3) is 0.382. The van der Waals surface area contributed by atoms with Gasteiger partial charge in [0.25, 0.3) is 23.4 Å². The van der Waals surface area contributed by atoms with Crippen LogP contribution in [0.4, 0.5) is 39.3 Å². The molecule has 2 saturated heterocycles.